The molecule has 1 aliphatic carbocycles. The van der Waals surface area contributed by atoms with E-state index in [0.29, 0.717) is 0 Å². The van der Waals surface area contributed by atoms with E-state index in [9.17, 15) is 4.79 Å². The van der Waals surface area contributed by atoms with Gasteiger partial charge in [0.15, 0.2) is 0 Å². The summed E-state index contributed by atoms with van der Waals surface area (Å²) in [5, 5.41) is 5.23. The Balaban J connectivity index is 0.00000180. The summed E-state index contributed by atoms with van der Waals surface area (Å²) in [7, 11) is 0. The predicted molar refractivity (Wildman–Crippen MR) is 82.7 cm³/mol. The molecule has 1 amide bonds. The Kier molecular flexibility index (Phi) is 6.83. The van der Waals surface area contributed by atoms with Gasteiger partial charge in [0.2, 0.25) is 5.91 Å². The second-order valence-electron chi connectivity index (χ2n) is 5.11. The smallest absolute Gasteiger partial charge is 0.223 e. The van der Waals surface area contributed by atoms with Gasteiger partial charge in [0.05, 0.1) is 6.04 Å². The van der Waals surface area contributed by atoms with Gasteiger partial charge in [-0.1, -0.05) is 19.4 Å². The van der Waals surface area contributed by atoms with Crippen molar-refractivity contribution in [2.45, 2.75) is 51.1 Å². The number of carbonyl (C=O) groups is 1. The lowest BCUT2D eigenvalue weighted by Crippen LogP contribution is -2.39. The number of carbonyl (C=O) groups excluding carboxylic acids is 1. The molecule has 1 heterocycles. The molecule has 3 N–H and O–H groups in total. The molecule has 1 saturated carbocycles. The number of nitrogens with two attached hydrogens (primary N) is 1. The summed E-state index contributed by atoms with van der Waals surface area (Å²) in [6.07, 6.45) is 4.90. The lowest BCUT2D eigenvalue weighted by Gasteiger charge is -2.27. The van der Waals surface area contributed by atoms with Crippen LogP contribution in [0.4, 0.5) is 0 Å². The monoisotopic (exact) mass is 302 g/mol. The minimum Gasteiger partial charge on any atom is -0.348 e. The summed E-state index contributed by atoms with van der Waals surface area (Å²) in [5.41, 5.74) is 5.94. The van der Waals surface area contributed by atoms with E-state index >= 15 is 0 Å². The van der Waals surface area contributed by atoms with Crippen molar-refractivity contribution in [3.8, 4) is 0 Å². The van der Waals surface area contributed by atoms with Crippen LogP contribution in [0.1, 0.15) is 49.9 Å². The summed E-state index contributed by atoms with van der Waals surface area (Å²) >= 11 is 1.71. The van der Waals surface area contributed by atoms with E-state index in [1.807, 2.05) is 6.07 Å². The largest absolute Gasteiger partial charge is 0.348 e. The number of nitrogens with one attached hydrogen (secondary N) is 1. The lowest BCUT2D eigenvalue weighted by atomic mass is 9.85. The first-order valence-electron chi connectivity index (χ1n) is 6.80. The Hall–Kier alpha value is -0.580. The van der Waals surface area contributed by atoms with Gasteiger partial charge >= 0.3 is 0 Å². The standard InChI is InChI=1S/C14H22N2OS.ClH/c1-2-12(13-7-4-8-18-13)16-14(17)10-5-3-6-11(15)9-10;/h4,7-8,10-12H,2-3,5-6,9,15H2,1H3,(H,16,17);1H. The van der Waals surface area contributed by atoms with Crippen LogP contribution in [0.5, 0.6) is 0 Å². The van der Waals surface area contributed by atoms with Gasteiger partial charge in [0.25, 0.3) is 0 Å². The highest BCUT2D eigenvalue weighted by Gasteiger charge is 2.26. The minimum atomic E-state index is 0. The Morgan fingerprint density at radius 1 is 1.58 bits per heavy atom. The normalized spacial score (nSPS) is 24.3. The van der Waals surface area contributed by atoms with E-state index in [1.165, 1.54) is 4.88 Å². The van der Waals surface area contributed by atoms with Crippen molar-refractivity contribution in [3.63, 3.8) is 0 Å². The molecule has 1 aromatic rings. The van der Waals surface area contributed by atoms with Crippen LogP contribution >= 0.6 is 23.7 Å². The average Bonchev–Trinajstić information content (AvgIpc) is 2.89. The van der Waals surface area contributed by atoms with Crippen LogP contribution in [-0.4, -0.2) is 11.9 Å². The van der Waals surface area contributed by atoms with E-state index in [-0.39, 0.29) is 36.3 Å². The molecule has 0 aliphatic heterocycles. The third kappa shape index (κ3) is 4.48. The summed E-state index contributed by atoms with van der Waals surface area (Å²) in [6, 6.07) is 4.49. The fourth-order valence-electron chi connectivity index (χ4n) is 2.62. The van der Waals surface area contributed by atoms with E-state index in [0.717, 1.165) is 32.1 Å². The van der Waals surface area contributed by atoms with Crippen LogP contribution in [0, 0.1) is 5.92 Å². The van der Waals surface area contributed by atoms with Gasteiger partial charge < -0.3 is 11.1 Å². The van der Waals surface area contributed by atoms with Crippen molar-refractivity contribution in [2.24, 2.45) is 11.7 Å². The molecular weight excluding hydrogens is 280 g/mol. The van der Waals surface area contributed by atoms with Gasteiger partial charge in [0.1, 0.15) is 0 Å². The molecule has 0 spiro atoms. The van der Waals surface area contributed by atoms with Crippen LogP contribution in [0.2, 0.25) is 0 Å². The quantitative estimate of drug-likeness (QED) is 0.897. The highest BCUT2D eigenvalue weighted by Crippen LogP contribution is 2.26. The number of rotatable bonds is 4. The van der Waals surface area contributed by atoms with Gasteiger partial charge in [-0.2, -0.15) is 0 Å². The van der Waals surface area contributed by atoms with Crippen molar-refractivity contribution in [2.75, 3.05) is 0 Å². The average molecular weight is 303 g/mol. The molecule has 1 aliphatic rings. The molecule has 0 radical (unpaired) electrons. The Bertz CT molecular complexity index is 383. The lowest BCUT2D eigenvalue weighted by molar-refractivity contribution is -0.126. The van der Waals surface area contributed by atoms with E-state index < -0.39 is 0 Å². The molecule has 3 nitrogen and oxygen atoms in total. The van der Waals surface area contributed by atoms with Crippen LogP contribution < -0.4 is 11.1 Å². The zero-order valence-corrected chi connectivity index (χ0v) is 12.9. The summed E-state index contributed by atoms with van der Waals surface area (Å²) in [4.78, 5) is 13.5. The van der Waals surface area contributed by atoms with Crippen molar-refractivity contribution >= 4 is 29.7 Å². The number of amides is 1. The first-order chi connectivity index (χ1) is 8.70. The molecule has 5 heteroatoms. The molecular formula is C14H23ClN2OS. The second-order valence-corrected chi connectivity index (χ2v) is 6.09. The molecule has 19 heavy (non-hydrogen) atoms. The molecule has 0 bridgehead atoms. The maximum absolute atomic E-state index is 12.2. The van der Waals surface area contributed by atoms with E-state index in [1.54, 1.807) is 11.3 Å². The van der Waals surface area contributed by atoms with Crippen molar-refractivity contribution in [1.29, 1.82) is 0 Å². The molecule has 3 unspecified atom stereocenters. The first kappa shape index (κ1) is 16.5. The Morgan fingerprint density at radius 3 is 2.95 bits per heavy atom. The van der Waals surface area contributed by atoms with E-state index in [4.69, 9.17) is 5.73 Å². The van der Waals surface area contributed by atoms with Gasteiger partial charge in [-0.15, -0.1) is 23.7 Å². The maximum atomic E-state index is 12.2. The third-order valence-electron chi connectivity index (χ3n) is 3.70. The highest BCUT2D eigenvalue weighted by atomic mass is 35.5. The second kappa shape index (κ2) is 7.88. The Labute approximate surface area is 125 Å². The van der Waals surface area contributed by atoms with Gasteiger partial charge in [-0.05, 0) is 37.1 Å². The fraction of sp³-hybridized carbons (Fsp3) is 0.643. The van der Waals surface area contributed by atoms with Crippen molar-refractivity contribution < 1.29 is 4.79 Å². The summed E-state index contributed by atoms with van der Waals surface area (Å²) in [5.74, 6) is 0.299. The molecule has 1 aromatic heterocycles. The van der Waals surface area contributed by atoms with E-state index in [2.05, 4.69) is 23.7 Å². The number of hydrogen-bond acceptors (Lipinski definition) is 3. The van der Waals surface area contributed by atoms with Crippen LogP contribution in [0.15, 0.2) is 17.5 Å². The Morgan fingerprint density at radius 2 is 2.37 bits per heavy atom. The first-order valence-corrected chi connectivity index (χ1v) is 7.68. The summed E-state index contributed by atoms with van der Waals surface area (Å²) in [6.45, 7) is 2.11. The SMILES string of the molecule is CCC(NC(=O)C1CCCC(N)C1)c1cccs1.Cl. The van der Waals surface area contributed by atoms with Crippen molar-refractivity contribution in [3.05, 3.63) is 22.4 Å². The summed E-state index contributed by atoms with van der Waals surface area (Å²) < 4.78 is 0. The maximum Gasteiger partial charge on any atom is 0.223 e. The van der Waals surface area contributed by atoms with Crippen LogP contribution in [0.3, 0.4) is 0 Å². The molecule has 0 saturated heterocycles. The zero-order chi connectivity index (χ0) is 13.0. The molecule has 0 aromatic carbocycles. The third-order valence-corrected chi connectivity index (χ3v) is 4.68. The minimum absolute atomic E-state index is 0. The van der Waals surface area contributed by atoms with Gasteiger partial charge in [0, 0.05) is 16.8 Å². The van der Waals surface area contributed by atoms with Crippen LogP contribution in [0.25, 0.3) is 0 Å². The number of thiophene rings is 1. The van der Waals surface area contributed by atoms with Gasteiger partial charge in [-0.3, -0.25) is 4.79 Å². The molecule has 2 rings (SSSR count). The number of hydrogen-bond donors (Lipinski definition) is 2. The van der Waals surface area contributed by atoms with Gasteiger partial charge in [-0.25, -0.2) is 0 Å². The number of halogens is 1. The fourth-order valence-corrected chi connectivity index (χ4v) is 3.48. The molecule has 3 atom stereocenters. The topological polar surface area (TPSA) is 55.1 Å². The van der Waals surface area contributed by atoms with Crippen molar-refractivity contribution in [1.82, 2.24) is 5.32 Å². The van der Waals surface area contributed by atoms with Crippen LogP contribution in [-0.2, 0) is 4.79 Å². The molecule has 1 fully saturated rings. The highest BCUT2D eigenvalue weighted by molar-refractivity contribution is 7.10. The zero-order valence-electron chi connectivity index (χ0n) is 11.3. The predicted octanol–water partition coefficient (Wildman–Crippen LogP) is 3.25. The molecule has 108 valence electrons.